The Kier molecular flexibility index (Phi) is 3.94. The maximum Gasteiger partial charge on any atom is 0.236 e. The first-order chi connectivity index (χ1) is 12.0. The molecule has 1 fully saturated rings. The van der Waals surface area contributed by atoms with Crippen LogP contribution in [0.4, 0.5) is 0 Å². The molecule has 0 aliphatic carbocycles. The van der Waals surface area contributed by atoms with E-state index in [0.29, 0.717) is 13.1 Å². The van der Waals surface area contributed by atoms with Gasteiger partial charge in [0.05, 0.1) is 11.0 Å². The van der Waals surface area contributed by atoms with Crippen LogP contribution in [0.2, 0.25) is 0 Å². The summed E-state index contributed by atoms with van der Waals surface area (Å²) in [6.45, 7) is 2.92. The number of aromatic nitrogens is 2. The van der Waals surface area contributed by atoms with Gasteiger partial charge in [-0.3, -0.25) is 0 Å². The molecule has 0 atom stereocenters. The molecule has 1 aromatic heterocycles. The van der Waals surface area contributed by atoms with Gasteiger partial charge in [0.2, 0.25) is 10.0 Å². The van der Waals surface area contributed by atoms with E-state index in [0.717, 1.165) is 28.0 Å². The van der Waals surface area contributed by atoms with E-state index in [-0.39, 0.29) is 5.92 Å². The average Bonchev–Trinajstić information content (AvgIpc) is 2.96. The summed E-state index contributed by atoms with van der Waals surface area (Å²) in [6.07, 6.45) is 1.64. The summed E-state index contributed by atoms with van der Waals surface area (Å²) in [6, 6.07) is 15.6. The number of nitrogens with zero attached hydrogens (tertiary/aromatic N) is 2. The summed E-state index contributed by atoms with van der Waals surface area (Å²) in [5.74, 6) is 0.977. The van der Waals surface area contributed by atoms with Crippen molar-refractivity contribution in [2.75, 3.05) is 13.1 Å². The first kappa shape index (κ1) is 16.1. The third-order valence-electron chi connectivity index (χ3n) is 4.51. The van der Waals surface area contributed by atoms with Crippen molar-refractivity contribution in [2.24, 2.45) is 0 Å². The molecule has 0 spiro atoms. The number of rotatable bonds is 4. The van der Waals surface area contributed by atoms with Crippen LogP contribution < -0.4 is 0 Å². The summed E-state index contributed by atoms with van der Waals surface area (Å²) in [5.41, 5.74) is 3.93. The van der Waals surface area contributed by atoms with Crippen molar-refractivity contribution in [3.63, 3.8) is 0 Å². The molecular weight excluding hydrogens is 334 g/mol. The number of hydrogen-bond donors (Lipinski definition) is 1. The third-order valence-corrected chi connectivity index (χ3v) is 6.01. The number of benzene rings is 2. The van der Waals surface area contributed by atoms with E-state index >= 15 is 0 Å². The van der Waals surface area contributed by atoms with E-state index in [1.807, 2.05) is 55.5 Å². The number of aryl methyl sites for hydroxylation is 1. The van der Waals surface area contributed by atoms with E-state index in [4.69, 9.17) is 0 Å². The Balaban J connectivity index is 1.44. The van der Waals surface area contributed by atoms with Crippen LogP contribution in [0.1, 0.15) is 22.9 Å². The Labute approximate surface area is 147 Å². The summed E-state index contributed by atoms with van der Waals surface area (Å²) in [7, 11) is -3.39. The molecule has 0 bridgehead atoms. The van der Waals surface area contributed by atoms with Crippen LogP contribution in [0, 0.1) is 6.92 Å². The van der Waals surface area contributed by atoms with Crippen molar-refractivity contribution in [3.8, 4) is 0 Å². The van der Waals surface area contributed by atoms with Crippen LogP contribution in [-0.2, 0) is 10.0 Å². The van der Waals surface area contributed by atoms with E-state index < -0.39 is 10.0 Å². The third kappa shape index (κ3) is 3.23. The molecule has 1 aliphatic rings. The molecule has 2 aromatic carbocycles. The minimum atomic E-state index is -3.39. The van der Waals surface area contributed by atoms with Crippen LogP contribution in [-0.4, -0.2) is 35.8 Å². The largest absolute Gasteiger partial charge is 0.342 e. The predicted octanol–water partition coefficient (Wildman–Crippen LogP) is 3.27. The lowest BCUT2D eigenvalue weighted by Gasteiger charge is -2.35. The lowest BCUT2D eigenvalue weighted by atomic mass is 10.0. The van der Waals surface area contributed by atoms with Crippen LogP contribution in [0.15, 0.2) is 53.9 Å². The number of nitrogens with one attached hydrogen (secondary N) is 1. The first-order valence-corrected chi connectivity index (χ1v) is 9.71. The molecule has 1 N–H and O–H groups in total. The lowest BCUT2D eigenvalue weighted by molar-refractivity contribution is 0.260. The summed E-state index contributed by atoms with van der Waals surface area (Å²) < 4.78 is 26.3. The lowest BCUT2D eigenvalue weighted by Crippen LogP contribution is -2.47. The Morgan fingerprint density at radius 3 is 2.56 bits per heavy atom. The fraction of sp³-hybridized carbons (Fsp3) is 0.211. The second kappa shape index (κ2) is 6.13. The fourth-order valence-corrected chi connectivity index (χ4v) is 4.19. The van der Waals surface area contributed by atoms with Gasteiger partial charge in [-0.2, -0.15) is 4.31 Å². The van der Waals surface area contributed by atoms with Gasteiger partial charge in [0, 0.05) is 24.4 Å². The molecule has 4 rings (SSSR count). The van der Waals surface area contributed by atoms with Crippen molar-refractivity contribution < 1.29 is 8.42 Å². The Morgan fingerprint density at radius 1 is 1.12 bits per heavy atom. The number of aromatic amines is 1. The van der Waals surface area contributed by atoms with Gasteiger partial charge < -0.3 is 4.98 Å². The SMILES string of the molecule is Cc1ccc(/C=C/S(=O)(=O)N2CC(c3nc4ccccc4[nH]3)C2)cc1. The van der Waals surface area contributed by atoms with Gasteiger partial charge in [0.1, 0.15) is 5.82 Å². The van der Waals surface area contributed by atoms with Crippen LogP contribution in [0.3, 0.4) is 0 Å². The second-order valence-electron chi connectivity index (χ2n) is 6.41. The molecule has 5 nitrogen and oxygen atoms in total. The standard InChI is InChI=1S/C19H19N3O2S/c1-14-6-8-15(9-7-14)10-11-25(23,24)22-12-16(13-22)19-20-17-4-2-3-5-18(17)21-19/h2-11,16H,12-13H2,1H3,(H,20,21)/b11-10+. The Hall–Kier alpha value is -2.44. The molecule has 0 unspecified atom stereocenters. The summed E-state index contributed by atoms with van der Waals surface area (Å²) >= 11 is 0. The highest BCUT2D eigenvalue weighted by molar-refractivity contribution is 7.92. The Bertz CT molecular complexity index is 997. The van der Waals surface area contributed by atoms with Crippen LogP contribution in [0.5, 0.6) is 0 Å². The van der Waals surface area contributed by atoms with E-state index in [9.17, 15) is 8.42 Å². The molecular formula is C19H19N3O2S. The van der Waals surface area contributed by atoms with Crippen molar-refractivity contribution in [2.45, 2.75) is 12.8 Å². The number of sulfonamides is 1. The zero-order valence-electron chi connectivity index (χ0n) is 13.9. The summed E-state index contributed by atoms with van der Waals surface area (Å²) in [5, 5.41) is 1.28. The van der Waals surface area contributed by atoms with Gasteiger partial charge in [-0.1, -0.05) is 42.0 Å². The molecule has 3 aromatic rings. The zero-order chi connectivity index (χ0) is 17.4. The molecule has 128 valence electrons. The van der Waals surface area contributed by atoms with Crippen LogP contribution >= 0.6 is 0 Å². The molecule has 0 saturated carbocycles. The van der Waals surface area contributed by atoms with Gasteiger partial charge in [-0.15, -0.1) is 0 Å². The second-order valence-corrected chi connectivity index (χ2v) is 8.23. The maximum atomic E-state index is 12.4. The van der Waals surface area contributed by atoms with Crippen molar-refractivity contribution in [1.29, 1.82) is 0 Å². The van der Waals surface area contributed by atoms with Gasteiger partial charge in [-0.25, -0.2) is 13.4 Å². The molecule has 25 heavy (non-hydrogen) atoms. The van der Waals surface area contributed by atoms with Crippen molar-refractivity contribution >= 4 is 27.1 Å². The number of hydrogen-bond acceptors (Lipinski definition) is 3. The monoisotopic (exact) mass is 353 g/mol. The van der Waals surface area contributed by atoms with Gasteiger partial charge in [-0.05, 0) is 30.7 Å². The highest BCUT2D eigenvalue weighted by atomic mass is 32.2. The van der Waals surface area contributed by atoms with Gasteiger partial charge in [0.15, 0.2) is 0 Å². The topological polar surface area (TPSA) is 66.1 Å². The average molecular weight is 353 g/mol. The molecule has 6 heteroatoms. The highest BCUT2D eigenvalue weighted by Gasteiger charge is 2.36. The fourth-order valence-electron chi connectivity index (χ4n) is 2.91. The molecule has 0 radical (unpaired) electrons. The molecule has 1 aliphatic heterocycles. The zero-order valence-corrected chi connectivity index (χ0v) is 14.7. The normalized spacial score (nSPS) is 16.5. The highest BCUT2D eigenvalue weighted by Crippen LogP contribution is 2.29. The van der Waals surface area contributed by atoms with E-state index in [1.54, 1.807) is 6.08 Å². The van der Waals surface area contributed by atoms with E-state index in [2.05, 4.69) is 9.97 Å². The quantitative estimate of drug-likeness (QED) is 0.783. The number of imidazole rings is 1. The number of fused-ring (bicyclic) bond motifs is 1. The minimum absolute atomic E-state index is 0.120. The number of para-hydroxylation sites is 2. The Morgan fingerprint density at radius 2 is 1.84 bits per heavy atom. The minimum Gasteiger partial charge on any atom is -0.342 e. The smallest absolute Gasteiger partial charge is 0.236 e. The molecule has 0 amide bonds. The molecule has 2 heterocycles. The van der Waals surface area contributed by atoms with Crippen LogP contribution in [0.25, 0.3) is 17.1 Å². The molecule has 1 saturated heterocycles. The summed E-state index contributed by atoms with van der Waals surface area (Å²) in [4.78, 5) is 7.84. The first-order valence-electron chi connectivity index (χ1n) is 8.21. The maximum absolute atomic E-state index is 12.4. The van der Waals surface area contributed by atoms with Gasteiger partial charge >= 0.3 is 0 Å². The predicted molar refractivity (Wildman–Crippen MR) is 99.5 cm³/mol. The number of H-pyrrole nitrogens is 1. The van der Waals surface area contributed by atoms with E-state index in [1.165, 1.54) is 9.71 Å². The van der Waals surface area contributed by atoms with Crippen molar-refractivity contribution in [1.82, 2.24) is 14.3 Å². The van der Waals surface area contributed by atoms with Crippen molar-refractivity contribution in [3.05, 3.63) is 70.9 Å². The van der Waals surface area contributed by atoms with Gasteiger partial charge in [0.25, 0.3) is 0 Å².